The fourth-order valence-electron chi connectivity index (χ4n) is 1.20. The number of rotatable bonds is 3. The summed E-state index contributed by atoms with van der Waals surface area (Å²) in [5.41, 5.74) is 16.8. The molecular weight excluding hydrogens is 222 g/mol. The largest absolute Gasteiger partial charge is 0.481 e. The second kappa shape index (κ2) is 5.50. The molecule has 0 bridgehead atoms. The molecule has 0 amide bonds. The van der Waals surface area contributed by atoms with Crippen molar-refractivity contribution < 1.29 is 9.90 Å². The van der Waals surface area contributed by atoms with Gasteiger partial charge in [0.1, 0.15) is 0 Å². The van der Waals surface area contributed by atoms with Crippen molar-refractivity contribution in [1.29, 1.82) is 0 Å². The Hall–Kier alpha value is -2.57. The van der Waals surface area contributed by atoms with Gasteiger partial charge in [0.15, 0.2) is 5.96 Å². The van der Waals surface area contributed by atoms with Crippen LogP contribution < -0.4 is 17.2 Å². The predicted molar refractivity (Wildman–Crippen MR) is 64.9 cm³/mol. The maximum Gasteiger partial charge on any atom is 0.307 e. The number of hydrogen-bond donors (Lipinski definition) is 4. The average molecular weight is 235 g/mol. The number of carbonyl (C=O) groups is 1. The topological polar surface area (TPSA) is 140 Å². The molecule has 0 fully saturated rings. The van der Waals surface area contributed by atoms with Gasteiger partial charge >= 0.3 is 5.97 Å². The lowest BCUT2D eigenvalue weighted by atomic mass is 10.1. The lowest BCUT2D eigenvalue weighted by Gasteiger charge is -1.99. The zero-order valence-electron chi connectivity index (χ0n) is 9.00. The second-order valence-electron chi connectivity index (χ2n) is 3.25. The van der Waals surface area contributed by atoms with E-state index in [0.717, 1.165) is 0 Å². The number of nitrogens with zero attached hydrogens (tertiary/aromatic N) is 2. The smallest absolute Gasteiger partial charge is 0.307 e. The molecule has 0 aliphatic carbocycles. The molecule has 1 rings (SSSR count). The van der Waals surface area contributed by atoms with Crippen LogP contribution in [0.5, 0.6) is 0 Å². The van der Waals surface area contributed by atoms with Gasteiger partial charge < -0.3 is 22.3 Å². The Morgan fingerprint density at radius 1 is 1.29 bits per heavy atom. The highest BCUT2D eigenvalue weighted by Gasteiger charge is 2.01. The molecule has 0 aromatic heterocycles. The zero-order valence-corrected chi connectivity index (χ0v) is 9.00. The van der Waals surface area contributed by atoms with Crippen LogP contribution in [0.3, 0.4) is 0 Å². The highest BCUT2D eigenvalue weighted by Crippen LogP contribution is 2.14. The number of hydrogen-bond acceptors (Lipinski definition) is 2. The number of benzene rings is 1. The van der Waals surface area contributed by atoms with Gasteiger partial charge in [0.2, 0.25) is 5.96 Å². The van der Waals surface area contributed by atoms with Crippen molar-refractivity contribution in [2.45, 2.75) is 6.42 Å². The monoisotopic (exact) mass is 235 g/mol. The van der Waals surface area contributed by atoms with Gasteiger partial charge in [-0.05, 0) is 17.7 Å². The molecular formula is C10H13N5O2. The molecule has 0 radical (unpaired) electrons. The first-order chi connectivity index (χ1) is 7.97. The molecule has 17 heavy (non-hydrogen) atoms. The van der Waals surface area contributed by atoms with Gasteiger partial charge in [0, 0.05) is 0 Å². The van der Waals surface area contributed by atoms with E-state index >= 15 is 0 Å². The van der Waals surface area contributed by atoms with Crippen LogP contribution in [-0.2, 0) is 11.2 Å². The molecule has 7 nitrogen and oxygen atoms in total. The Kier molecular flexibility index (Phi) is 4.04. The summed E-state index contributed by atoms with van der Waals surface area (Å²) in [6.07, 6.45) is -0.0778. The predicted octanol–water partition coefficient (Wildman–Crippen LogP) is -0.467. The molecule has 1 aromatic carbocycles. The van der Waals surface area contributed by atoms with Crippen molar-refractivity contribution >= 4 is 23.6 Å². The van der Waals surface area contributed by atoms with Crippen molar-refractivity contribution in [2.24, 2.45) is 27.2 Å². The minimum Gasteiger partial charge on any atom is -0.481 e. The highest BCUT2D eigenvalue weighted by molar-refractivity contribution is 5.93. The van der Waals surface area contributed by atoms with Crippen molar-refractivity contribution in [2.75, 3.05) is 0 Å². The minimum atomic E-state index is -0.914. The molecule has 0 aliphatic rings. The van der Waals surface area contributed by atoms with Crippen LogP contribution in [0.1, 0.15) is 5.56 Å². The standard InChI is InChI=1S/C10H13N5O2/c11-9(12)15-10(13)14-7-3-1-2-6(4-7)5-8(16)17/h1-4H,5H2,(H,16,17)(H6,11,12,13,14,15). The van der Waals surface area contributed by atoms with Crippen LogP contribution in [0, 0.1) is 0 Å². The number of nitrogens with two attached hydrogens (primary N) is 3. The van der Waals surface area contributed by atoms with Crippen molar-refractivity contribution in [3.8, 4) is 0 Å². The van der Waals surface area contributed by atoms with Crippen LogP contribution >= 0.6 is 0 Å². The molecule has 0 saturated heterocycles. The Balaban J connectivity index is 2.92. The molecule has 7 heteroatoms. The van der Waals surface area contributed by atoms with E-state index in [0.29, 0.717) is 11.3 Å². The van der Waals surface area contributed by atoms with E-state index in [-0.39, 0.29) is 18.3 Å². The van der Waals surface area contributed by atoms with E-state index in [2.05, 4.69) is 9.98 Å². The van der Waals surface area contributed by atoms with Crippen LogP contribution in [0.25, 0.3) is 0 Å². The maximum atomic E-state index is 10.5. The van der Waals surface area contributed by atoms with Gasteiger partial charge in [0.25, 0.3) is 0 Å². The molecule has 1 aromatic rings. The summed E-state index contributed by atoms with van der Waals surface area (Å²) < 4.78 is 0. The van der Waals surface area contributed by atoms with Crippen molar-refractivity contribution in [3.63, 3.8) is 0 Å². The fourth-order valence-corrected chi connectivity index (χ4v) is 1.20. The summed E-state index contributed by atoms with van der Waals surface area (Å²) in [5, 5.41) is 8.64. The molecule has 0 spiro atoms. The second-order valence-corrected chi connectivity index (χ2v) is 3.25. The first-order valence-corrected chi connectivity index (χ1v) is 4.72. The Morgan fingerprint density at radius 2 is 2.00 bits per heavy atom. The highest BCUT2D eigenvalue weighted by atomic mass is 16.4. The van der Waals surface area contributed by atoms with Gasteiger partial charge in [-0.1, -0.05) is 12.1 Å². The maximum absolute atomic E-state index is 10.5. The van der Waals surface area contributed by atoms with E-state index < -0.39 is 5.97 Å². The van der Waals surface area contributed by atoms with Gasteiger partial charge in [0.05, 0.1) is 12.1 Å². The van der Waals surface area contributed by atoms with Gasteiger partial charge in [-0.15, -0.1) is 0 Å². The molecule has 0 heterocycles. The van der Waals surface area contributed by atoms with Crippen LogP contribution in [0.2, 0.25) is 0 Å². The summed E-state index contributed by atoms with van der Waals surface area (Å²) in [7, 11) is 0. The fraction of sp³-hybridized carbons (Fsp3) is 0.100. The molecule has 0 unspecified atom stereocenters. The van der Waals surface area contributed by atoms with Gasteiger partial charge in [-0.3, -0.25) is 4.79 Å². The number of carboxylic acids is 1. The van der Waals surface area contributed by atoms with Crippen molar-refractivity contribution in [1.82, 2.24) is 0 Å². The van der Waals surface area contributed by atoms with E-state index in [1.165, 1.54) is 0 Å². The third-order valence-electron chi connectivity index (χ3n) is 1.75. The molecule has 7 N–H and O–H groups in total. The lowest BCUT2D eigenvalue weighted by molar-refractivity contribution is -0.136. The summed E-state index contributed by atoms with van der Waals surface area (Å²) in [4.78, 5) is 18.0. The Morgan fingerprint density at radius 3 is 2.59 bits per heavy atom. The number of guanidine groups is 2. The minimum absolute atomic E-state index is 0.0778. The first-order valence-electron chi connectivity index (χ1n) is 4.72. The van der Waals surface area contributed by atoms with Crippen LogP contribution in [0.15, 0.2) is 34.3 Å². The lowest BCUT2D eigenvalue weighted by Crippen LogP contribution is -2.26. The third kappa shape index (κ3) is 4.65. The van der Waals surface area contributed by atoms with E-state index in [1.807, 2.05) is 0 Å². The average Bonchev–Trinajstić information content (AvgIpc) is 2.14. The summed E-state index contributed by atoms with van der Waals surface area (Å²) in [6, 6.07) is 6.63. The summed E-state index contributed by atoms with van der Waals surface area (Å²) in [5.74, 6) is -1.19. The number of aliphatic imine (C=N–C) groups is 2. The Labute approximate surface area is 97.7 Å². The van der Waals surface area contributed by atoms with Crippen LogP contribution in [-0.4, -0.2) is 23.0 Å². The SMILES string of the molecule is NC(N)=NC(N)=Nc1cccc(CC(=O)O)c1. The normalized spacial score (nSPS) is 10.9. The van der Waals surface area contributed by atoms with E-state index in [9.17, 15) is 4.79 Å². The number of aliphatic carboxylic acids is 1. The zero-order chi connectivity index (χ0) is 12.8. The molecule has 0 aliphatic heterocycles. The third-order valence-corrected chi connectivity index (χ3v) is 1.75. The van der Waals surface area contributed by atoms with Crippen molar-refractivity contribution in [3.05, 3.63) is 29.8 Å². The molecule has 90 valence electrons. The van der Waals surface area contributed by atoms with Gasteiger partial charge in [-0.2, -0.15) is 4.99 Å². The summed E-state index contributed by atoms with van der Waals surface area (Å²) in [6.45, 7) is 0. The molecule has 0 atom stereocenters. The summed E-state index contributed by atoms with van der Waals surface area (Å²) >= 11 is 0. The van der Waals surface area contributed by atoms with E-state index in [1.54, 1.807) is 24.3 Å². The Bertz CT molecular complexity index is 477. The number of carboxylic acid groups (broad SMARTS) is 1. The molecule has 0 saturated carbocycles. The van der Waals surface area contributed by atoms with Gasteiger partial charge in [-0.25, -0.2) is 4.99 Å². The van der Waals surface area contributed by atoms with E-state index in [4.69, 9.17) is 22.3 Å². The quantitative estimate of drug-likeness (QED) is 0.414. The first kappa shape index (κ1) is 12.5. The van der Waals surface area contributed by atoms with Crippen LogP contribution in [0.4, 0.5) is 5.69 Å².